The Hall–Kier alpha value is -1.98. The number of ether oxygens (including phenoxy) is 2. The highest BCUT2D eigenvalue weighted by atomic mass is 16.6. The maximum absolute atomic E-state index is 13.8. The Labute approximate surface area is 203 Å². The van der Waals surface area contributed by atoms with Crippen LogP contribution in [0.15, 0.2) is 11.6 Å². The third kappa shape index (κ3) is 3.58. The largest absolute Gasteiger partial charge is 0.457 e. The standard InChI is InChI=1S/C28H40O6/c1-6-24(31)33-16-23(30)28(34-25(32)7-2)17(3)14-22-20-9-8-18-15-19(29)10-12-26(18,4)21(20)11-13-27(22,28)5/h11,17-18,20,22H,6-10,12-16H2,1-5H3/t17-,18-,20-,22+,26+,27+,28+/m1/s1. The molecular formula is C28H40O6. The predicted octanol–water partition coefficient (Wildman–Crippen LogP) is 4.98. The summed E-state index contributed by atoms with van der Waals surface area (Å²) in [5, 5.41) is 0. The lowest BCUT2D eigenvalue weighted by atomic mass is 9.48. The first-order chi connectivity index (χ1) is 16.0. The van der Waals surface area contributed by atoms with E-state index in [1.54, 1.807) is 13.8 Å². The number of rotatable bonds is 6. The molecule has 0 spiro atoms. The van der Waals surface area contributed by atoms with E-state index in [1.165, 1.54) is 5.57 Å². The molecule has 4 aliphatic rings. The number of carbonyl (C=O) groups excluding carboxylic acids is 4. The average Bonchev–Trinajstić information content (AvgIpc) is 3.04. The van der Waals surface area contributed by atoms with Crippen molar-refractivity contribution in [3.8, 4) is 0 Å². The first-order valence-corrected chi connectivity index (χ1v) is 13.2. The summed E-state index contributed by atoms with van der Waals surface area (Å²) < 4.78 is 11.4. The number of Topliss-reactive ketones (excluding diaryl/α,β-unsaturated/α-hetero) is 2. The average molecular weight is 473 g/mol. The first-order valence-electron chi connectivity index (χ1n) is 13.2. The molecule has 0 amide bonds. The van der Waals surface area contributed by atoms with Crippen LogP contribution in [0.2, 0.25) is 0 Å². The molecule has 0 N–H and O–H groups in total. The molecule has 0 aromatic rings. The molecule has 0 unspecified atom stereocenters. The van der Waals surface area contributed by atoms with Crippen molar-refractivity contribution in [1.29, 1.82) is 0 Å². The smallest absolute Gasteiger partial charge is 0.306 e. The molecule has 3 fully saturated rings. The maximum atomic E-state index is 13.8. The Morgan fingerprint density at radius 2 is 1.79 bits per heavy atom. The fourth-order valence-corrected chi connectivity index (χ4v) is 8.12. The first kappa shape index (κ1) is 25.1. The van der Waals surface area contributed by atoms with Gasteiger partial charge >= 0.3 is 11.9 Å². The maximum Gasteiger partial charge on any atom is 0.306 e. The Morgan fingerprint density at radius 3 is 2.47 bits per heavy atom. The minimum Gasteiger partial charge on any atom is -0.457 e. The quantitative estimate of drug-likeness (QED) is 0.400. The van der Waals surface area contributed by atoms with Crippen molar-refractivity contribution < 1.29 is 28.7 Å². The molecule has 0 aliphatic heterocycles. The highest BCUT2D eigenvalue weighted by molar-refractivity contribution is 5.93. The van der Waals surface area contributed by atoms with Crippen LogP contribution in [0.1, 0.15) is 92.4 Å². The van der Waals surface area contributed by atoms with Crippen molar-refractivity contribution >= 4 is 23.5 Å². The van der Waals surface area contributed by atoms with Crippen LogP contribution < -0.4 is 0 Å². The third-order valence-corrected chi connectivity index (χ3v) is 10.0. The number of allylic oxidation sites excluding steroid dienone is 2. The van der Waals surface area contributed by atoms with E-state index in [9.17, 15) is 19.2 Å². The monoisotopic (exact) mass is 472 g/mol. The van der Waals surface area contributed by atoms with Crippen LogP contribution in [0, 0.1) is 34.5 Å². The van der Waals surface area contributed by atoms with Crippen molar-refractivity contribution in [1.82, 2.24) is 0 Å². The normalized spacial score (nSPS) is 41.0. The summed E-state index contributed by atoms with van der Waals surface area (Å²) in [5.74, 6) is 0.0242. The third-order valence-electron chi connectivity index (χ3n) is 10.0. The number of esters is 2. The van der Waals surface area contributed by atoms with Gasteiger partial charge < -0.3 is 9.47 Å². The number of fused-ring (bicyclic) bond motifs is 5. The lowest BCUT2D eigenvalue weighted by Gasteiger charge is -2.57. The molecule has 7 atom stereocenters. The SMILES string of the molecule is CCC(=O)OCC(=O)[C@@]1(OC(=O)CC)[C@H](C)C[C@H]2[C@@H]3CC[C@@H]4CC(=O)CC[C@]4(C)C3=CC[C@@]21C. The van der Waals surface area contributed by atoms with Crippen molar-refractivity contribution in [2.24, 2.45) is 34.5 Å². The summed E-state index contributed by atoms with van der Waals surface area (Å²) in [6.45, 7) is 9.53. The van der Waals surface area contributed by atoms with Gasteiger partial charge in [0.15, 0.2) is 12.2 Å². The number of hydrogen-bond donors (Lipinski definition) is 0. The van der Waals surface area contributed by atoms with Crippen LogP contribution in [0.5, 0.6) is 0 Å². The molecule has 6 nitrogen and oxygen atoms in total. The van der Waals surface area contributed by atoms with E-state index >= 15 is 0 Å². The van der Waals surface area contributed by atoms with Gasteiger partial charge in [-0.25, -0.2) is 0 Å². The summed E-state index contributed by atoms with van der Waals surface area (Å²) >= 11 is 0. The minimum absolute atomic E-state index is 0.0351. The molecule has 34 heavy (non-hydrogen) atoms. The zero-order valence-electron chi connectivity index (χ0n) is 21.4. The lowest BCUT2D eigenvalue weighted by Crippen LogP contribution is -2.60. The molecule has 0 bridgehead atoms. The second-order valence-corrected chi connectivity index (χ2v) is 11.6. The second-order valence-electron chi connectivity index (χ2n) is 11.6. The van der Waals surface area contributed by atoms with Crippen LogP contribution in [0.3, 0.4) is 0 Å². The molecule has 4 aliphatic carbocycles. The number of ketones is 2. The van der Waals surface area contributed by atoms with Gasteiger partial charge in [-0.1, -0.05) is 46.3 Å². The molecule has 0 heterocycles. The molecule has 0 saturated heterocycles. The summed E-state index contributed by atoms with van der Waals surface area (Å²) in [4.78, 5) is 50.4. The zero-order valence-corrected chi connectivity index (χ0v) is 21.4. The predicted molar refractivity (Wildman–Crippen MR) is 127 cm³/mol. The zero-order chi connectivity index (χ0) is 24.9. The van der Waals surface area contributed by atoms with Gasteiger partial charge in [0.05, 0.1) is 0 Å². The van der Waals surface area contributed by atoms with Crippen LogP contribution >= 0.6 is 0 Å². The van der Waals surface area contributed by atoms with Gasteiger partial charge in [-0.3, -0.25) is 19.2 Å². The number of carbonyl (C=O) groups is 4. The van der Waals surface area contributed by atoms with E-state index in [-0.39, 0.29) is 48.5 Å². The number of hydrogen-bond acceptors (Lipinski definition) is 6. The fourth-order valence-electron chi connectivity index (χ4n) is 8.12. The van der Waals surface area contributed by atoms with Gasteiger partial charge in [0, 0.05) is 37.0 Å². The van der Waals surface area contributed by atoms with E-state index in [0.717, 1.165) is 25.7 Å². The van der Waals surface area contributed by atoms with Crippen molar-refractivity contribution in [3.63, 3.8) is 0 Å². The van der Waals surface area contributed by atoms with Crippen molar-refractivity contribution in [2.75, 3.05) is 6.61 Å². The van der Waals surface area contributed by atoms with Crippen molar-refractivity contribution in [2.45, 2.75) is 98.0 Å². The summed E-state index contributed by atoms with van der Waals surface area (Å²) in [7, 11) is 0. The summed E-state index contributed by atoms with van der Waals surface area (Å²) in [5.41, 5.74) is -0.364. The van der Waals surface area contributed by atoms with Gasteiger partial charge in [-0.15, -0.1) is 0 Å². The van der Waals surface area contributed by atoms with Crippen LogP contribution in [-0.4, -0.2) is 35.7 Å². The van der Waals surface area contributed by atoms with Gasteiger partial charge in [0.25, 0.3) is 0 Å². The molecule has 0 aromatic carbocycles. The molecule has 0 aromatic heterocycles. The molecule has 6 heteroatoms. The Kier molecular flexibility index (Phi) is 6.58. The van der Waals surface area contributed by atoms with Gasteiger partial charge in [0.1, 0.15) is 5.78 Å². The molecule has 4 rings (SSSR count). The van der Waals surface area contributed by atoms with E-state index < -0.39 is 17.0 Å². The van der Waals surface area contributed by atoms with Crippen molar-refractivity contribution in [3.05, 3.63) is 11.6 Å². The molecule has 188 valence electrons. The summed E-state index contributed by atoms with van der Waals surface area (Å²) in [6.07, 6.45) is 8.40. The van der Waals surface area contributed by atoms with E-state index in [0.29, 0.717) is 36.9 Å². The molecule has 0 radical (unpaired) electrons. The molecule has 3 saturated carbocycles. The van der Waals surface area contributed by atoms with Crippen LogP contribution in [0.4, 0.5) is 0 Å². The van der Waals surface area contributed by atoms with E-state index in [1.807, 2.05) is 6.92 Å². The Morgan fingerprint density at radius 1 is 1.09 bits per heavy atom. The van der Waals surface area contributed by atoms with Gasteiger partial charge in [0.2, 0.25) is 5.78 Å². The van der Waals surface area contributed by atoms with Crippen LogP contribution in [0.25, 0.3) is 0 Å². The highest BCUT2D eigenvalue weighted by Gasteiger charge is 2.70. The minimum atomic E-state index is -1.30. The Balaban J connectivity index is 1.73. The topological polar surface area (TPSA) is 86.7 Å². The van der Waals surface area contributed by atoms with E-state index in [4.69, 9.17) is 9.47 Å². The van der Waals surface area contributed by atoms with Crippen LogP contribution in [-0.2, 0) is 28.7 Å². The Bertz CT molecular complexity index is 920. The lowest BCUT2D eigenvalue weighted by molar-refractivity contribution is -0.192. The highest BCUT2D eigenvalue weighted by Crippen LogP contribution is 2.68. The summed E-state index contributed by atoms with van der Waals surface area (Å²) in [6, 6.07) is 0. The fraction of sp³-hybridized carbons (Fsp3) is 0.786. The van der Waals surface area contributed by atoms with Gasteiger partial charge in [-0.05, 0) is 55.3 Å². The molecular weight excluding hydrogens is 432 g/mol. The van der Waals surface area contributed by atoms with E-state index in [2.05, 4.69) is 19.9 Å². The van der Waals surface area contributed by atoms with Gasteiger partial charge in [-0.2, -0.15) is 0 Å². The second kappa shape index (κ2) is 8.91.